The Morgan fingerprint density at radius 1 is 1.30 bits per heavy atom. The number of rotatable bonds is 5. The van der Waals surface area contributed by atoms with Crippen molar-refractivity contribution in [2.24, 2.45) is 0 Å². The summed E-state index contributed by atoms with van der Waals surface area (Å²) >= 11 is 6.00. The van der Waals surface area contributed by atoms with E-state index in [-0.39, 0.29) is 12.1 Å². The normalized spacial score (nSPS) is 11.7. The van der Waals surface area contributed by atoms with Crippen LogP contribution in [-0.2, 0) is 0 Å². The number of pyridine rings is 1. The van der Waals surface area contributed by atoms with E-state index in [1.165, 1.54) is 7.11 Å². The Morgan fingerprint density at radius 3 is 2.81 bits per heavy atom. The van der Waals surface area contributed by atoms with Gasteiger partial charge in [0.2, 0.25) is 0 Å². The van der Waals surface area contributed by atoms with Gasteiger partial charge < -0.3 is 15.4 Å². The lowest BCUT2D eigenvalue weighted by atomic mass is 10.1. The number of methoxy groups -OCH3 is 1. The highest BCUT2D eigenvalue weighted by Crippen LogP contribution is 2.28. The number of carbonyl (C=O) groups excluding carboxylic acids is 1. The number of aromatic nitrogens is 3. The highest BCUT2D eigenvalue weighted by molar-refractivity contribution is 6.31. The molecule has 2 N–H and O–H groups in total. The predicted octanol–water partition coefficient (Wildman–Crippen LogP) is 4.12. The van der Waals surface area contributed by atoms with Crippen LogP contribution in [0.15, 0.2) is 48.8 Å². The number of amides is 2. The average Bonchev–Trinajstić information content (AvgIpc) is 3.04. The van der Waals surface area contributed by atoms with Crippen LogP contribution in [0.4, 0.5) is 10.5 Å². The van der Waals surface area contributed by atoms with Crippen LogP contribution in [0.1, 0.15) is 24.2 Å². The van der Waals surface area contributed by atoms with Crippen molar-refractivity contribution < 1.29 is 9.53 Å². The van der Waals surface area contributed by atoms with Gasteiger partial charge in [0.1, 0.15) is 5.75 Å². The van der Waals surface area contributed by atoms with E-state index in [2.05, 4.69) is 20.7 Å². The lowest BCUT2D eigenvalue weighted by Crippen LogP contribution is -2.31. The molecule has 7 nitrogen and oxygen atoms in total. The first kappa shape index (κ1) is 18.7. The Kier molecular flexibility index (Phi) is 5.61. The van der Waals surface area contributed by atoms with E-state index in [1.54, 1.807) is 35.3 Å². The molecule has 0 aliphatic heterocycles. The minimum atomic E-state index is -0.368. The highest BCUT2D eigenvalue weighted by Gasteiger charge is 2.17. The molecule has 2 heterocycles. The minimum Gasteiger partial charge on any atom is -0.495 e. The van der Waals surface area contributed by atoms with Crippen molar-refractivity contribution in [1.29, 1.82) is 0 Å². The van der Waals surface area contributed by atoms with Gasteiger partial charge in [0.15, 0.2) is 5.82 Å². The zero-order valence-electron chi connectivity index (χ0n) is 15.2. The molecule has 0 spiro atoms. The Hall–Kier alpha value is -3.06. The van der Waals surface area contributed by atoms with Crippen molar-refractivity contribution in [3.8, 4) is 11.6 Å². The van der Waals surface area contributed by atoms with E-state index in [4.69, 9.17) is 16.3 Å². The molecule has 140 valence electrons. The molecule has 1 aromatic carbocycles. The third kappa shape index (κ3) is 4.20. The van der Waals surface area contributed by atoms with E-state index >= 15 is 0 Å². The Labute approximate surface area is 162 Å². The number of nitrogens with zero attached hydrogens (tertiary/aromatic N) is 3. The zero-order chi connectivity index (χ0) is 19.4. The Balaban J connectivity index is 1.73. The molecular weight excluding hydrogens is 366 g/mol. The lowest BCUT2D eigenvalue weighted by molar-refractivity contribution is 0.249. The number of ether oxygens (including phenoxy) is 1. The first-order valence-electron chi connectivity index (χ1n) is 8.36. The summed E-state index contributed by atoms with van der Waals surface area (Å²) in [4.78, 5) is 16.7. The molecule has 0 saturated heterocycles. The quantitative estimate of drug-likeness (QED) is 0.692. The van der Waals surface area contributed by atoms with E-state index < -0.39 is 0 Å². The Bertz CT molecular complexity index is 943. The SMILES string of the molecule is COc1ccc(Cl)cc1NC(=O)N[C@H](C)c1cnn(-c2ccccn2)c1C. The largest absolute Gasteiger partial charge is 0.495 e. The fraction of sp³-hybridized carbons (Fsp3) is 0.211. The van der Waals surface area contributed by atoms with Gasteiger partial charge in [-0.05, 0) is 44.2 Å². The van der Waals surface area contributed by atoms with E-state index in [1.807, 2.05) is 32.0 Å². The van der Waals surface area contributed by atoms with Gasteiger partial charge in [-0.1, -0.05) is 17.7 Å². The second-order valence-corrected chi connectivity index (χ2v) is 6.39. The number of hydrogen-bond acceptors (Lipinski definition) is 4. The smallest absolute Gasteiger partial charge is 0.319 e. The van der Waals surface area contributed by atoms with Crippen LogP contribution >= 0.6 is 11.6 Å². The van der Waals surface area contributed by atoms with Crippen LogP contribution in [0.2, 0.25) is 5.02 Å². The first-order chi connectivity index (χ1) is 13.0. The van der Waals surface area contributed by atoms with Crippen LogP contribution < -0.4 is 15.4 Å². The zero-order valence-corrected chi connectivity index (χ0v) is 16.0. The van der Waals surface area contributed by atoms with E-state index in [9.17, 15) is 4.79 Å². The molecule has 27 heavy (non-hydrogen) atoms. The third-order valence-electron chi connectivity index (χ3n) is 4.14. The predicted molar refractivity (Wildman–Crippen MR) is 105 cm³/mol. The number of anilines is 1. The second kappa shape index (κ2) is 8.09. The van der Waals surface area contributed by atoms with Gasteiger partial charge in [-0.15, -0.1) is 0 Å². The number of nitrogens with one attached hydrogen (secondary N) is 2. The van der Waals surface area contributed by atoms with Gasteiger partial charge in [-0.3, -0.25) is 0 Å². The maximum absolute atomic E-state index is 12.4. The molecule has 0 fully saturated rings. The summed E-state index contributed by atoms with van der Waals surface area (Å²) in [5, 5.41) is 10.5. The van der Waals surface area contributed by atoms with E-state index in [0.717, 1.165) is 17.1 Å². The fourth-order valence-corrected chi connectivity index (χ4v) is 2.94. The molecule has 1 atom stereocenters. The van der Waals surface area contributed by atoms with Gasteiger partial charge in [0, 0.05) is 22.5 Å². The molecular formula is C19H20ClN5O2. The van der Waals surface area contributed by atoms with Crippen LogP contribution in [0.25, 0.3) is 5.82 Å². The average molecular weight is 386 g/mol. The molecule has 2 amide bonds. The van der Waals surface area contributed by atoms with Crippen molar-refractivity contribution in [1.82, 2.24) is 20.1 Å². The summed E-state index contributed by atoms with van der Waals surface area (Å²) in [6, 6.07) is 10.0. The topological polar surface area (TPSA) is 81.1 Å². The summed E-state index contributed by atoms with van der Waals surface area (Å²) in [6.07, 6.45) is 3.44. The monoisotopic (exact) mass is 385 g/mol. The van der Waals surface area contributed by atoms with Crippen molar-refractivity contribution in [3.63, 3.8) is 0 Å². The minimum absolute atomic E-state index is 0.257. The first-order valence-corrected chi connectivity index (χ1v) is 8.74. The van der Waals surface area contributed by atoms with Gasteiger partial charge in [-0.2, -0.15) is 5.10 Å². The van der Waals surface area contributed by atoms with Gasteiger partial charge in [0.25, 0.3) is 0 Å². The van der Waals surface area contributed by atoms with Gasteiger partial charge >= 0.3 is 6.03 Å². The molecule has 0 saturated carbocycles. The molecule has 0 aliphatic carbocycles. The lowest BCUT2D eigenvalue weighted by Gasteiger charge is -2.16. The van der Waals surface area contributed by atoms with E-state index in [0.29, 0.717) is 16.5 Å². The van der Waals surface area contributed by atoms with Crippen LogP contribution in [-0.4, -0.2) is 27.9 Å². The summed E-state index contributed by atoms with van der Waals surface area (Å²) in [5.74, 6) is 1.25. The van der Waals surface area contributed by atoms with Crippen LogP contribution in [0, 0.1) is 6.92 Å². The molecule has 0 bridgehead atoms. The highest BCUT2D eigenvalue weighted by atomic mass is 35.5. The summed E-state index contributed by atoms with van der Waals surface area (Å²) in [7, 11) is 1.53. The van der Waals surface area contributed by atoms with Crippen LogP contribution in [0.5, 0.6) is 5.75 Å². The standard InChI is InChI=1S/C19H20ClN5O2/c1-12(15-11-22-25(13(15)2)18-6-4-5-9-21-18)23-19(26)24-16-10-14(20)7-8-17(16)27-3/h4-12H,1-3H3,(H2,23,24,26)/t12-/m1/s1. The van der Waals surface area contributed by atoms with Gasteiger partial charge in [-0.25, -0.2) is 14.5 Å². The number of benzene rings is 1. The molecule has 3 rings (SSSR count). The molecule has 0 aliphatic rings. The van der Waals surface area contributed by atoms with Crippen molar-refractivity contribution >= 4 is 23.3 Å². The van der Waals surface area contributed by atoms with Gasteiger partial charge in [0.05, 0.1) is 25.0 Å². The third-order valence-corrected chi connectivity index (χ3v) is 4.37. The summed E-state index contributed by atoms with van der Waals surface area (Å²) in [6.45, 7) is 3.83. The second-order valence-electron chi connectivity index (χ2n) is 5.95. The maximum atomic E-state index is 12.4. The Morgan fingerprint density at radius 2 is 2.11 bits per heavy atom. The molecule has 8 heteroatoms. The number of urea groups is 1. The van der Waals surface area contributed by atoms with Crippen molar-refractivity contribution in [3.05, 3.63) is 65.1 Å². The molecule has 2 aromatic heterocycles. The molecule has 0 radical (unpaired) electrons. The van der Waals surface area contributed by atoms with Crippen LogP contribution in [0.3, 0.4) is 0 Å². The summed E-state index contributed by atoms with van der Waals surface area (Å²) < 4.78 is 6.98. The number of carbonyl (C=O) groups is 1. The molecule has 3 aromatic rings. The summed E-state index contributed by atoms with van der Waals surface area (Å²) in [5.41, 5.74) is 2.30. The maximum Gasteiger partial charge on any atom is 0.319 e. The van der Waals surface area contributed by atoms with Crippen molar-refractivity contribution in [2.45, 2.75) is 19.9 Å². The number of halogens is 1. The number of hydrogen-bond donors (Lipinski definition) is 2. The fourth-order valence-electron chi connectivity index (χ4n) is 2.77. The molecule has 0 unspecified atom stereocenters. The van der Waals surface area contributed by atoms with Crippen molar-refractivity contribution in [2.75, 3.05) is 12.4 Å².